The van der Waals surface area contributed by atoms with Crippen LogP contribution in [-0.2, 0) is 58.9 Å². The summed E-state index contributed by atoms with van der Waals surface area (Å²) in [6, 6.07) is 29.7. The number of halogens is 3. The van der Waals surface area contributed by atoms with Gasteiger partial charge in [0.15, 0.2) is 9.79 Å². The number of para-hydroxylation sites is 1. The molecule has 0 radical (unpaired) electrons. The largest absolute Gasteiger partial charge is 0.858 e. The Labute approximate surface area is 435 Å². The Balaban J connectivity index is 0.000000182. The molecule has 2 fully saturated rings. The van der Waals surface area contributed by atoms with Crippen molar-refractivity contribution in [2.45, 2.75) is 111 Å². The molecule has 0 bridgehead atoms. The standard InChI is InChI=1S/C18H23OS.C14H23N2O4S2.C13H16NS.C7H5F3N2O3S/c1-2-3-12-19-17-10-11-18(20-13-6-7-14-20)16-9-5-4-8-15(16)17;1-2-3-4-5-6-7-12-21(17,18)16-22(19,20)14-10-8-13(15)9-11-14;1-14-10-13(15-8-4-5-9-15)11-6-2-3-7-12(11)14;8-7(9,10)16(14,15)12-6(13)5-2-1-3-11-4-5/h4-5,8-11H,2-3,6-7,12-14H2,1H3;8-11H,2-7,12,15H2,1H3;2-3,6-7,10H,4-5,8-9H2,1H3;1-4H,(H,12,13)/q+1;-1;+1;/p-1. The van der Waals surface area contributed by atoms with Gasteiger partial charge in [0, 0.05) is 79.8 Å². The van der Waals surface area contributed by atoms with Gasteiger partial charge >= 0.3 is 15.5 Å². The van der Waals surface area contributed by atoms with E-state index in [2.05, 4.69) is 106 Å². The number of benzene rings is 4. The van der Waals surface area contributed by atoms with E-state index in [1.165, 1.54) is 113 Å². The van der Waals surface area contributed by atoms with Crippen molar-refractivity contribution in [3.63, 3.8) is 0 Å². The first-order valence-electron chi connectivity index (χ1n) is 24.4. The van der Waals surface area contributed by atoms with Crippen molar-refractivity contribution in [3.8, 4) is 5.75 Å². The molecule has 398 valence electrons. The zero-order valence-corrected chi connectivity index (χ0v) is 45.6. The van der Waals surface area contributed by atoms with Gasteiger partial charge < -0.3 is 24.3 Å². The van der Waals surface area contributed by atoms with E-state index in [0.717, 1.165) is 63.1 Å². The summed E-state index contributed by atoms with van der Waals surface area (Å²) in [4.78, 5) is 6.43. The number of sulfonamides is 3. The molecule has 2 N–H and O–H groups in total. The Morgan fingerprint density at radius 1 is 0.726 bits per heavy atom. The molecule has 0 atom stereocenters. The van der Waals surface area contributed by atoms with Crippen LogP contribution in [0.2, 0.25) is 0 Å². The zero-order chi connectivity index (χ0) is 53.1. The van der Waals surface area contributed by atoms with Crippen molar-refractivity contribution >= 4 is 85.1 Å². The summed E-state index contributed by atoms with van der Waals surface area (Å²) in [7, 11) is -10.8. The van der Waals surface area contributed by atoms with Gasteiger partial charge in [-0.2, -0.15) is 26.0 Å². The highest BCUT2D eigenvalue weighted by atomic mass is 32.3. The van der Waals surface area contributed by atoms with Crippen LogP contribution in [0.1, 0.15) is 96.5 Å². The van der Waals surface area contributed by atoms with E-state index in [1.807, 2.05) is 0 Å². The number of rotatable bonds is 18. The predicted octanol–water partition coefficient (Wildman–Crippen LogP) is 10.8. The number of unbranched alkanes of at least 4 members (excludes halogenated alkanes) is 6. The first-order chi connectivity index (χ1) is 34.8. The van der Waals surface area contributed by atoms with Gasteiger partial charge in [0.25, 0.3) is 0 Å². The second-order valence-electron chi connectivity index (χ2n) is 17.4. The second-order valence-corrected chi connectivity index (χ2v) is 27.0. The number of ether oxygens (including phenoxy) is 1. The predicted molar refractivity (Wildman–Crippen MR) is 291 cm³/mol. The van der Waals surface area contributed by atoms with E-state index in [0.29, 0.717) is 33.9 Å². The fourth-order valence-corrected chi connectivity index (χ4v) is 16.2. The molecule has 2 aromatic heterocycles. The quantitative estimate of drug-likeness (QED) is 0.0283. The van der Waals surface area contributed by atoms with Crippen LogP contribution in [0.25, 0.3) is 25.8 Å². The molecule has 0 spiro atoms. The molecule has 2 aliphatic heterocycles. The van der Waals surface area contributed by atoms with Crippen LogP contribution < -0.4 is 15.6 Å². The number of nitrogen functional groups attached to an aromatic ring is 1. The lowest BCUT2D eigenvalue weighted by Gasteiger charge is -2.20. The van der Waals surface area contributed by atoms with Gasteiger partial charge in [0.05, 0.1) is 33.7 Å². The third-order valence-corrected chi connectivity index (χ3v) is 21.1. The van der Waals surface area contributed by atoms with Crippen LogP contribution in [0.5, 0.6) is 5.75 Å². The van der Waals surface area contributed by atoms with Crippen LogP contribution >= 0.6 is 0 Å². The van der Waals surface area contributed by atoms with Crippen molar-refractivity contribution in [1.29, 1.82) is 0 Å². The molecule has 13 nitrogen and oxygen atoms in total. The SMILES string of the molecule is CCCCCCCCS(=O)(=O)[N-]S(=O)(=O)c1ccc(N)cc1.CCCCOc1ccc([S+]2CCCC2)c2ccccc12.Cn1cc([S+]2CCCC2)c2ccccc21.O=S(=O)(N=C([O-])c1cccnc1)C(F)(F)F. The number of aryl methyl sites for hydroxylation is 1. The highest BCUT2D eigenvalue weighted by Crippen LogP contribution is 2.35. The van der Waals surface area contributed by atoms with Gasteiger partial charge in [-0.15, -0.1) is 0 Å². The highest BCUT2D eigenvalue weighted by Gasteiger charge is 2.45. The number of nitrogens with two attached hydrogens (primary N) is 1. The molecular formula is C52H66F3N5O8S5. The van der Waals surface area contributed by atoms with E-state index >= 15 is 0 Å². The summed E-state index contributed by atoms with van der Waals surface area (Å²) >= 11 is 0. The van der Waals surface area contributed by atoms with Crippen LogP contribution in [0.4, 0.5) is 18.9 Å². The first kappa shape index (κ1) is 59.1. The van der Waals surface area contributed by atoms with E-state index in [-0.39, 0.29) is 16.2 Å². The summed E-state index contributed by atoms with van der Waals surface area (Å²) in [6.07, 6.45) is 17.9. The first-order valence-corrected chi connectivity index (χ1v) is 32.0. The lowest BCUT2D eigenvalue weighted by Crippen LogP contribution is -2.27. The number of nitrogens with zero attached hydrogens (tertiary/aromatic N) is 4. The van der Waals surface area contributed by atoms with Gasteiger partial charge in [0.1, 0.15) is 38.8 Å². The number of aromatic nitrogens is 2. The maximum Gasteiger partial charge on any atom is 0.518 e. The molecule has 73 heavy (non-hydrogen) atoms. The Bertz CT molecular complexity index is 3040. The molecule has 0 amide bonds. The van der Waals surface area contributed by atoms with Crippen LogP contribution in [-0.4, -0.2) is 81.6 Å². The number of hydrogen-bond donors (Lipinski definition) is 1. The molecule has 8 rings (SSSR count). The second kappa shape index (κ2) is 28.2. The summed E-state index contributed by atoms with van der Waals surface area (Å²) in [5, 5.41) is 15.2. The highest BCUT2D eigenvalue weighted by molar-refractivity contribution is 8.12. The topological polar surface area (TPSA) is 205 Å². The van der Waals surface area contributed by atoms with E-state index < -0.39 is 41.5 Å². The minimum atomic E-state index is -5.80. The average Bonchev–Trinajstić information content (AvgIpc) is 4.17. The molecule has 6 aromatic rings. The Hall–Kier alpha value is -4.80. The number of alkyl halides is 3. The minimum absolute atomic E-state index is 0.173. The summed E-state index contributed by atoms with van der Waals surface area (Å²) < 4.78 is 118. The number of anilines is 1. The van der Waals surface area contributed by atoms with Crippen molar-refractivity contribution in [3.05, 3.63) is 125 Å². The monoisotopic (exact) mass is 1110 g/mol. The smallest absolute Gasteiger partial charge is 0.518 e. The Morgan fingerprint density at radius 3 is 1.90 bits per heavy atom. The molecule has 4 heterocycles. The lowest BCUT2D eigenvalue weighted by atomic mass is 10.1. The van der Waals surface area contributed by atoms with Gasteiger partial charge in [0.2, 0.25) is 0 Å². The molecule has 2 saturated heterocycles. The maximum absolute atomic E-state index is 11.9. The molecule has 2 aliphatic rings. The Kier molecular flexibility index (Phi) is 22.8. The number of fused-ring (bicyclic) bond motifs is 2. The van der Waals surface area contributed by atoms with Crippen LogP contribution in [0.3, 0.4) is 0 Å². The molecular weight excluding hydrogens is 1040 g/mol. The van der Waals surface area contributed by atoms with Crippen molar-refractivity contribution in [2.75, 3.05) is 41.1 Å². The number of pyridine rings is 1. The van der Waals surface area contributed by atoms with Gasteiger partial charge in [-0.3, -0.25) is 4.98 Å². The van der Waals surface area contributed by atoms with Crippen molar-refractivity contribution in [1.82, 2.24) is 9.55 Å². The third kappa shape index (κ3) is 17.9. The van der Waals surface area contributed by atoms with Gasteiger partial charge in [-0.05, 0) is 99.2 Å². The van der Waals surface area contributed by atoms with Crippen LogP contribution in [0.15, 0.2) is 135 Å². The molecule has 21 heteroatoms. The third-order valence-electron chi connectivity index (χ3n) is 11.7. The minimum Gasteiger partial charge on any atom is -0.858 e. The fraction of sp³-hybridized carbons (Fsp3) is 0.423. The molecule has 0 saturated carbocycles. The maximum atomic E-state index is 11.9. The summed E-state index contributed by atoms with van der Waals surface area (Å²) in [5.41, 5.74) is 1.33. The van der Waals surface area contributed by atoms with Gasteiger partial charge in [-0.25, -0.2) is 16.8 Å². The zero-order valence-electron chi connectivity index (χ0n) is 41.5. The van der Waals surface area contributed by atoms with E-state index in [9.17, 15) is 43.5 Å². The van der Waals surface area contributed by atoms with Crippen molar-refractivity contribution < 1.29 is 48.3 Å². The normalized spacial score (nSPS) is 14.7. The van der Waals surface area contributed by atoms with Gasteiger partial charge in [-0.1, -0.05) is 88.8 Å². The molecule has 0 unspecified atom stereocenters. The summed E-state index contributed by atoms with van der Waals surface area (Å²) in [6.45, 7) is 5.13. The average molecular weight is 1110 g/mol. The number of hydrogen-bond acceptors (Lipinski definition) is 10. The van der Waals surface area contributed by atoms with E-state index in [1.54, 1.807) is 9.79 Å². The fourth-order valence-electron chi connectivity index (χ4n) is 7.87. The van der Waals surface area contributed by atoms with E-state index in [4.69, 9.17) is 10.5 Å². The molecule has 0 aliphatic carbocycles. The molecule has 4 aromatic carbocycles. The summed E-state index contributed by atoms with van der Waals surface area (Å²) in [5.74, 6) is 4.88. The Morgan fingerprint density at radius 2 is 1.30 bits per heavy atom. The lowest BCUT2D eigenvalue weighted by molar-refractivity contribution is -0.212. The van der Waals surface area contributed by atoms with Crippen LogP contribution in [0, 0.1) is 0 Å². The van der Waals surface area contributed by atoms with Crippen molar-refractivity contribution in [2.24, 2.45) is 11.4 Å².